The van der Waals surface area contributed by atoms with E-state index in [-0.39, 0.29) is 24.2 Å². The van der Waals surface area contributed by atoms with Crippen molar-refractivity contribution in [2.75, 3.05) is 19.6 Å². The molecule has 0 saturated carbocycles. The van der Waals surface area contributed by atoms with Crippen LogP contribution in [0.1, 0.15) is 46.4 Å². The molecule has 10 aromatic carbocycles. The largest absolute Gasteiger partial charge is 0.331 e. The molecule has 0 amide bonds. The van der Waals surface area contributed by atoms with Gasteiger partial charge in [0.1, 0.15) is 0 Å². The predicted octanol–water partition coefficient (Wildman–Crippen LogP) is 20.3. The predicted molar refractivity (Wildman–Crippen MR) is 348 cm³/mol. The summed E-state index contributed by atoms with van der Waals surface area (Å²) in [6.07, 6.45) is 0. The fourth-order valence-electron chi connectivity index (χ4n) is 13.3. The van der Waals surface area contributed by atoms with Gasteiger partial charge in [0.05, 0.1) is 41.2 Å². The number of hydrogen-bond donors (Lipinski definition) is 0. The Labute approximate surface area is 495 Å². The molecule has 82 heavy (non-hydrogen) atoms. The summed E-state index contributed by atoms with van der Waals surface area (Å²) in [6, 6.07) is 102. The lowest BCUT2D eigenvalue weighted by Gasteiger charge is -2.29. The zero-order chi connectivity index (χ0) is 54.3. The number of halogens is 1. The maximum Gasteiger partial charge on any atom is 0.231 e. The van der Waals surface area contributed by atoms with Gasteiger partial charge in [0.2, 0.25) is 5.95 Å². The lowest BCUT2D eigenvalue weighted by molar-refractivity contribution is 0.626. The standard InChI is InChI=1S/C74H51IN6S/c75-62-46-50(25-20-42-82-69-41-38-53(43-59(62)69)52-36-39-67-60(45-52)72-70(80(67)56-30-14-5-15-31-56)57-32-16-18-34-65(57)78(72)54-26-10-3-11-27-54)51-37-40-68-61(44-51)73-71(58-33-17-19-35-66(58)79(73)55-28-12-4-13-29-55)81(68)74-76-63(48-21-6-1-7-22-48)47-64(77-74)49-23-8-2-9-24-49/h1-47,70-73H. The van der Waals surface area contributed by atoms with Crippen LogP contribution in [0.3, 0.4) is 0 Å². The molecule has 0 spiro atoms. The van der Waals surface area contributed by atoms with E-state index in [2.05, 4.69) is 327 Å². The van der Waals surface area contributed by atoms with Gasteiger partial charge in [0.25, 0.3) is 0 Å². The molecule has 6 heterocycles. The Kier molecular flexibility index (Phi) is 11.9. The number of benzene rings is 10. The third-order valence-corrected chi connectivity index (χ3v) is 18.7. The third kappa shape index (κ3) is 8.03. The van der Waals surface area contributed by atoms with Crippen molar-refractivity contribution < 1.29 is 0 Å². The van der Waals surface area contributed by atoms with Crippen molar-refractivity contribution in [2.45, 2.75) is 24.2 Å². The van der Waals surface area contributed by atoms with Crippen LogP contribution in [0.25, 0.3) is 54.9 Å². The monoisotopic (exact) mass is 1180 g/mol. The van der Waals surface area contributed by atoms with E-state index in [0.717, 1.165) is 45.0 Å². The first-order chi connectivity index (χ1) is 40.6. The van der Waals surface area contributed by atoms with Gasteiger partial charge >= 0.3 is 0 Å². The van der Waals surface area contributed by atoms with Crippen molar-refractivity contribution in [1.29, 1.82) is 0 Å². The molecular weight excluding hydrogens is 1130 g/mol. The van der Waals surface area contributed by atoms with Gasteiger partial charge in [0, 0.05) is 81.2 Å². The molecule has 0 bridgehead atoms. The summed E-state index contributed by atoms with van der Waals surface area (Å²) >= 11 is 4.36. The first-order valence-corrected chi connectivity index (χ1v) is 29.9. The molecule has 12 aromatic rings. The quantitative estimate of drug-likeness (QED) is 0.141. The lowest BCUT2D eigenvalue weighted by Crippen LogP contribution is -2.25. The SMILES string of the molecule is Ic1cc(-c2ccc3c(c2)C2C(c4ccccc4N2c2ccccc2)N3c2nc(-c3ccccc3)cc(-c3ccccc3)n2)cccsc2ccc(-c3ccc4c(c3)C3C(c5ccccc5N3c3ccccc3)N4c3ccccc3)cc12. The molecular formula is C74H51IN6S. The first kappa shape index (κ1) is 48.5. The van der Waals surface area contributed by atoms with Crippen LogP contribution in [0.15, 0.2) is 284 Å². The van der Waals surface area contributed by atoms with E-state index < -0.39 is 0 Å². The zero-order valence-corrected chi connectivity index (χ0v) is 47.4. The molecule has 0 radical (unpaired) electrons. The summed E-state index contributed by atoms with van der Waals surface area (Å²) in [5.41, 5.74) is 22.0. The molecule has 6 nitrogen and oxygen atoms in total. The minimum Gasteiger partial charge on any atom is -0.331 e. The van der Waals surface area contributed by atoms with Gasteiger partial charge < -0.3 is 19.6 Å². The molecule has 8 heteroatoms. The Morgan fingerprint density at radius 3 is 1.20 bits per heavy atom. The summed E-state index contributed by atoms with van der Waals surface area (Å²) in [5.74, 6) is 0.674. The number of fused-ring (bicyclic) bond motifs is 11. The summed E-state index contributed by atoms with van der Waals surface area (Å²) in [5, 5.41) is 3.44. The van der Waals surface area contributed by atoms with Gasteiger partial charge in [-0.15, -0.1) is 11.3 Å². The highest BCUT2D eigenvalue weighted by molar-refractivity contribution is 14.1. The van der Waals surface area contributed by atoms with E-state index in [1.165, 1.54) is 75.5 Å². The lowest BCUT2D eigenvalue weighted by atomic mass is 9.96. The molecule has 0 aliphatic carbocycles. The first-order valence-electron chi connectivity index (χ1n) is 27.9. The van der Waals surface area contributed by atoms with Gasteiger partial charge in [-0.05, 0) is 147 Å². The summed E-state index contributed by atoms with van der Waals surface area (Å²) in [7, 11) is 0. The van der Waals surface area contributed by atoms with Gasteiger partial charge in [-0.25, -0.2) is 9.97 Å². The zero-order valence-electron chi connectivity index (χ0n) is 44.4. The summed E-state index contributed by atoms with van der Waals surface area (Å²) in [4.78, 5) is 21.0. The second-order valence-electron chi connectivity index (χ2n) is 21.4. The van der Waals surface area contributed by atoms with Crippen LogP contribution in [0.5, 0.6) is 0 Å². The summed E-state index contributed by atoms with van der Waals surface area (Å²) in [6.45, 7) is 0. The van der Waals surface area contributed by atoms with Gasteiger partial charge in [-0.3, -0.25) is 0 Å². The highest BCUT2D eigenvalue weighted by atomic mass is 127. The minimum absolute atomic E-state index is 0.0721. The van der Waals surface area contributed by atoms with Crippen LogP contribution in [-0.4, -0.2) is 9.97 Å². The van der Waals surface area contributed by atoms with Crippen LogP contribution in [0.2, 0.25) is 0 Å². The Morgan fingerprint density at radius 2 is 0.683 bits per heavy atom. The number of nitrogens with zero attached hydrogens (tertiary/aromatic N) is 6. The molecule has 4 unspecified atom stereocenters. The summed E-state index contributed by atoms with van der Waals surface area (Å²) < 4.78 is 2.39. The minimum atomic E-state index is -0.111. The highest BCUT2D eigenvalue weighted by Gasteiger charge is 2.52. The second kappa shape index (κ2) is 20.0. The molecule has 0 N–H and O–H groups in total. The van der Waals surface area contributed by atoms with Crippen molar-refractivity contribution in [2.24, 2.45) is 0 Å². The highest BCUT2D eigenvalue weighted by Crippen LogP contribution is 2.64. The van der Waals surface area contributed by atoms with Gasteiger partial charge in [0.15, 0.2) is 0 Å². The molecule has 0 saturated heterocycles. The Bertz CT molecular complexity index is 4420. The fraction of sp³-hybridized carbons (Fsp3) is 0.0541. The van der Waals surface area contributed by atoms with E-state index >= 15 is 0 Å². The van der Waals surface area contributed by atoms with E-state index in [9.17, 15) is 0 Å². The van der Waals surface area contributed by atoms with Crippen LogP contribution in [-0.2, 0) is 0 Å². The normalized spacial score (nSPS) is 17.0. The Morgan fingerprint density at radius 1 is 0.305 bits per heavy atom. The van der Waals surface area contributed by atoms with Crippen molar-refractivity contribution in [3.63, 3.8) is 0 Å². The van der Waals surface area contributed by atoms with Crippen LogP contribution in [0, 0.1) is 3.57 Å². The average molecular weight is 1180 g/mol. The van der Waals surface area contributed by atoms with Crippen molar-refractivity contribution >= 4 is 89.8 Å². The number of para-hydroxylation sites is 5. The number of anilines is 8. The van der Waals surface area contributed by atoms with Crippen molar-refractivity contribution in [3.05, 3.63) is 310 Å². The maximum absolute atomic E-state index is 5.48. The van der Waals surface area contributed by atoms with E-state index in [1.807, 2.05) is 0 Å². The van der Waals surface area contributed by atoms with Crippen molar-refractivity contribution in [3.8, 4) is 44.8 Å². The van der Waals surface area contributed by atoms with Gasteiger partial charge in [-0.1, -0.05) is 182 Å². The number of rotatable bonds is 8. The Balaban J connectivity index is 0.831. The van der Waals surface area contributed by atoms with Crippen LogP contribution in [0.4, 0.5) is 45.8 Å². The second-order valence-corrected chi connectivity index (χ2v) is 23.5. The molecule has 2 aromatic heterocycles. The molecule has 0 fully saturated rings. The molecule has 4 aliphatic rings. The third-order valence-electron chi connectivity index (χ3n) is 16.9. The molecule has 390 valence electrons. The smallest absolute Gasteiger partial charge is 0.231 e. The number of hydrogen-bond acceptors (Lipinski definition) is 7. The molecule has 16 rings (SSSR count). The van der Waals surface area contributed by atoms with Crippen molar-refractivity contribution in [1.82, 2.24) is 9.97 Å². The average Bonchev–Trinajstić information content (AvgIpc) is 2.09. The van der Waals surface area contributed by atoms with E-state index in [0.29, 0.717) is 5.95 Å². The van der Waals surface area contributed by atoms with Crippen LogP contribution < -0.4 is 19.6 Å². The van der Waals surface area contributed by atoms with E-state index in [1.54, 1.807) is 11.3 Å². The van der Waals surface area contributed by atoms with Crippen LogP contribution >= 0.6 is 33.9 Å². The molecule has 4 atom stereocenters. The number of aromatic nitrogens is 2. The van der Waals surface area contributed by atoms with E-state index in [4.69, 9.17) is 9.97 Å². The Hall–Kier alpha value is -9.35. The topological polar surface area (TPSA) is 38.7 Å². The molecule has 4 aliphatic heterocycles. The maximum atomic E-state index is 5.48. The fourth-order valence-corrected chi connectivity index (χ4v) is 15.1. The van der Waals surface area contributed by atoms with Gasteiger partial charge in [-0.2, -0.15) is 0 Å².